The van der Waals surface area contributed by atoms with Crippen LogP contribution in [0.25, 0.3) is 0 Å². The lowest BCUT2D eigenvalue weighted by Crippen LogP contribution is -2.45. The third-order valence-corrected chi connectivity index (χ3v) is 3.69. The van der Waals surface area contributed by atoms with Crippen molar-refractivity contribution in [2.24, 2.45) is 5.92 Å². The maximum Gasteiger partial charge on any atom is 0.0192 e. The van der Waals surface area contributed by atoms with Gasteiger partial charge in [-0.05, 0) is 46.6 Å². The molecule has 0 spiro atoms. The summed E-state index contributed by atoms with van der Waals surface area (Å²) in [4.78, 5) is 2.51. The lowest BCUT2D eigenvalue weighted by atomic mass is 10.0. The maximum atomic E-state index is 3.63. The molecule has 2 nitrogen and oxygen atoms in total. The van der Waals surface area contributed by atoms with Gasteiger partial charge in [0.25, 0.3) is 0 Å². The molecule has 0 rings (SSSR count). The van der Waals surface area contributed by atoms with Crippen LogP contribution in [0.5, 0.6) is 0 Å². The molecule has 0 aliphatic rings. The minimum absolute atomic E-state index is 0.614. The topological polar surface area (TPSA) is 15.3 Å². The SMILES string of the molecule is CCCC(C)NCC(C)N(C)C(C)CC(C)C. The fraction of sp³-hybridized carbons (Fsp3) is 1.00. The van der Waals surface area contributed by atoms with Crippen molar-refractivity contribution in [2.75, 3.05) is 13.6 Å². The summed E-state index contributed by atoms with van der Waals surface area (Å²) in [6, 6.07) is 1.94. The Labute approximate surface area is 109 Å². The Morgan fingerprint density at radius 2 is 1.59 bits per heavy atom. The third-order valence-electron chi connectivity index (χ3n) is 3.69. The Morgan fingerprint density at radius 3 is 2.06 bits per heavy atom. The summed E-state index contributed by atoms with van der Waals surface area (Å²) >= 11 is 0. The molecule has 104 valence electrons. The molecule has 17 heavy (non-hydrogen) atoms. The van der Waals surface area contributed by atoms with Crippen LogP contribution < -0.4 is 5.32 Å². The van der Waals surface area contributed by atoms with Crippen LogP contribution in [0.1, 0.15) is 60.8 Å². The van der Waals surface area contributed by atoms with E-state index in [1.807, 2.05) is 0 Å². The predicted molar refractivity (Wildman–Crippen MR) is 78.5 cm³/mol. The van der Waals surface area contributed by atoms with E-state index in [0.717, 1.165) is 12.5 Å². The number of hydrogen-bond acceptors (Lipinski definition) is 2. The molecule has 0 amide bonds. The summed E-state index contributed by atoms with van der Waals surface area (Å²) in [5.41, 5.74) is 0. The number of hydrogen-bond donors (Lipinski definition) is 1. The first-order valence-corrected chi connectivity index (χ1v) is 7.33. The quantitative estimate of drug-likeness (QED) is 0.665. The molecular formula is C15H34N2. The van der Waals surface area contributed by atoms with Crippen molar-refractivity contribution in [3.05, 3.63) is 0 Å². The number of nitrogens with zero attached hydrogens (tertiary/aromatic N) is 1. The lowest BCUT2D eigenvalue weighted by Gasteiger charge is -2.32. The second-order valence-corrected chi connectivity index (χ2v) is 6.09. The zero-order chi connectivity index (χ0) is 13.4. The highest BCUT2D eigenvalue weighted by molar-refractivity contribution is 4.74. The van der Waals surface area contributed by atoms with E-state index in [9.17, 15) is 0 Å². The van der Waals surface area contributed by atoms with Crippen LogP contribution in [0, 0.1) is 5.92 Å². The van der Waals surface area contributed by atoms with Gasteiger partial charge in [0.2, 0.25) is 0 Å². The predicted octanol–water partition coefficient (Wildman–Crippen LogP) is 3.52. The first-order chi connectivity index (χ1) is 7.88. The van der Waals surface area contributed by atoms with Crippen molar-refractivity contribution in [3.8, 4) is 0 Å². The van der Waals surface area contributed by atoms with E-state index >= 15 is 0 Å². The summed E-state index contributed by atoms with van der Waals surface area (Å²) in [5.74, 6) is 0.784. The summed E-state index contributed by atoms with van der Waals surface area (Å²) in [6.07, 6.45) is 3.82. The molecule has 3 atom stereocenters. The van der Waals surface area contributed by atoms with E-state index in [4.69, 9.17) is 0 Å². The van der Waals surface area contributed by atoms with Gasteiger partial charge in [0.1, 0.15) is 0 Å². The van der Waals surface area contributed by atoms with Gasteiger partial charge in [-0.25, -0.2) is 0 Å². The summed E-state index contributed by atoms with van der Waals surface area (Å²) in [7, 11) is 2.25. The minimum Gasteiger partial charge on any atom is -0.313 e. The third kappa shape index (κ3) is 7.77. The van der Waals surface area contributed by atoms with Crippen molar-refractivity contribution < 1.29 is 0 Å². The molecule has 1 N–H and O–H groups in total. The largest absolute Gasteiger partial charge is 0.313 e. The smallest absolute Gasteiger partial charge is 0.0192 e. The molecule has 0 heterocycles. The number of nitrogens with one attached hydrogen (secondary N) is 1. The zero-order valence-electron chi connectivity index (χ0n) is 13.1. The molecule has 0 saturated carbocycles. The molecule has 0 saturated heterocycles. The molecule has 0 aromatic carbocycles. The molecular weight excluding hydrogens is 208 g/mol. The van der Waals surface area contributed by atoms with Crippen LogP contribution in [0.2, 0.25) is 0 Å². The van der Waals surface area contributed by atoms with Gasteiger partial charge >= 0.3 is 0 Å². The van der Waals surface area contributed by atoms with Gasteiger partial charge in [0.05, 0.1) is 0 Å². The highest BCUT2D eigenvalue weighted by atomic mass is 15.2. The first-order valence-electron chi connectivity index (χ1n) is 7.33. The average molecular weight is 242 g/mol. The average Bonchev–Trinajstić information content (AvgIpc) is 2.24. The van der Waals surface area contributed by atoms with Crippen LogP contribution in [-0.4, -0.2) is 36.6 Å². The van der Waals surface area contributed by atoms with E-state index in [1.54, 1.807) is 0 Å². The van der Waals surface area contributed by atoms with Crippen LogP contribution in [0.4, 0.5) is 0 Å². The van der Waals surface area contributed by atoms with E-state index in [0.29, 0.717) is 18.1 Å². The van der Waals surface area contributed by atoms with Crippen LogP contribution in [0.15, 0.2) is 0 Å². The molecule has 0 aromatic rings. The van der Waals surface area contributed by atoms with Gasteiger partial charge in [-0.15, -0.1) is 0 Å². The molecule has 0 radical (unpaired) electrons. The monoisotopic (exact) mass is 242 g/mol. The van der Waals surface area contributed by atoms with E-state index in [1.165, 1.54) is 19.3 Å². The fourth-order valence-electron chi connectivity index (χ4n) is 2.33. The highest BCUT2D eigenvalue weighted by Crippen LogP contribution is 2.12. The second-order valence-electron chi connectivity index (χ2n) is 6.09. The van der Waals surface area contributed by atoms with Crippen molar-refractivity contribution >= 4 is 0 Å². The Balaban J connectivity index is 3.91. The molecule has 0 aliphatic carbocycles. The Kier molecular flexibility index (Phi) is 8.89. The molecule has 0 aliphatic heterocycles. The molecule has 0 fully saturated rings. The summed E-state index contributed by atoms with van der Waals surface area (Å²) < 4.78 is 0. The Bertz CT molecular complexity index is 180. The van der Waals surface area contributed by atoms with Crippen LogP contribution in [0.3, 0.4) is 0 Å². The van der Waals surface area contributed by atoms with Crippen molar-refractivity contribution in [3.63, 3.8) is 0 Å². The van der Waals surface area contributed by atoms with E-state index in [2.05, 4.69) is 58.8 Å². The van der Waals surface area contributed by atoms with Crippen molar-refractivity contribution in [1.82, 2.24) is 10.2 Å². The zero-order valence-corrected chi connectivity index (χ0v) is 13.1. The van der Waals surface area contributed by atoms with Gasteiger partial charge in [-0.3, -0.25) is 4.90 Å². The fourth-order valence-corrected chi connectivity index (χ4v) is 2.33. The van der Waals surface area contributed by atoms with Crippen molar-refractivity contribution in [1.29, 1.82) is 0 Å². The summed E-state index contributed by atoms with van der Waals surface area (Å²) in [6.45, 7) is 14.9. The van der Waals surface area contributed by atoms with Crippen LogP contribution in [-0.2, 0) is 0 Å². The maximum absolute atomic E-state index is 3.63. The van der Waals surface area contributed by atoms with Gasteiger partial charge < -0.3 is 5.32 Å². The Hall–Kier alpha value is -0.0800. The molecule has 0 bridgehead atoms. The highest BCUT2D eigenvalue weighted by Gasteiger charge is 2.16. The van der Waals surface area contributed by atoms with Crippen molar-refractivity contribution in [2.45, 2.75) is 78.9 Å². The first kappa shape index (κ1) is 16.9. The Morgan fingerprint density at radius 1 is 1.00 bits per heavy atom. The van der Waals surface area contributed by atoms with Gasteiger partial charge in [0.15, 0.2) is 0 Å². The minimum atomic E-state index is 0.614. The van der Waals surface area contributed by atoms with E-state index < -0.39 is 0 Å². The van der Waals surface area contributed by atoms with Gasteiger partial charge in [-0.1, -0.05) is 27.2 Å². The number of rotatable bonds is 9. The second kappa shape index (κ2) is 8.93. The van der Waals surface area contributed by atoms with Gasteiger partial charge in [0, 0.05) is 24.7 Å². The molecule has 0 aromatic heterocycles. The van der Waals surface area contributed by atoms with Gasteiger partial charge in [-0.2, -0.15) is 0 Å². The summed E-state index contributed by atoms with van der Waals surface area (Å²) in [5, 5.41) is 3.63. The molecule has 3 unspecified atom stereocenters. The lowest BCUT2D eigenvalue weighted by molar-refractivity contribution is 0.169. The van der Waals surface area contributed by atoms with E-state index in [-0.39, 0.29) is 0 Å². The van der Waals surface area contributed by atoms with Crippen LogP contribution >= 0.6 is 0 Å². The normalized spacial score (nSPS) is 17.5. The molecule has 2 heteroatoms. The standard InChI is InChI=1S/C15H34N2/c1-8-9-13(4)16-11-15(6)17(7)14(5)10-12(2)3/h12-16H,8-11H2,1-7H3. The number of likely N-dealkylation sites (N-methyl/N-ethyl adjacent to an activating group) is 1.